The van der Waals surface area contributed by atoms with Crippen molar-refractivity contribution in [3.05, 3.63) is 12.4 Å². The second kappa shape index (κ2) is 4.61. The highest BCUT2D eigenvalue weighted by Gasteiger charge is 2.02. The summed E-state index contributed by atoms with van der Waals surface area (Å²) in [7, 11) is 1.47. The second-order valence-electron chi connectivity index (χ2n) is 2.13. The molecule has 0 aliphatic carbocycles. The van der Waals surface area contributed by atoms with E-state index in [4.69, 9.17) is 16.3 Å². The van der Waals surface area contributed by atoms with Crippen LogP contribution in [-0.2, 0) is 4.79 Å². The van der Waals surface area contributed by atoms with E-state index in [9.17, 15) is 4.79 Å². The second-order valence-corrected chi connectivity index (χ2v) is 2.40. The number of carbonyl (C=O) groups is 1. The molecular formula is C7H8ClN3O2. The number of hydrogen-bond donors (Lipinski definition) is 1. The van der Waals surface area contributed by atoms with Gasteiger partial charge in [0, 0.05) is 0 Å². The van der Waals surface area contributed by atoms with Crippen LogP contribution in [0.25, 0.3) is 0 Å². The number of methoxy groups -OCH3 is 1. The zero-order chi connectivity index (χ0) is 9.68. The van der Waals surface area contributed by atoms with E-state index < -0.39 is 0 Å². The third-order valence-electron chi connectivity index (χ3n) is 1.21. The Hall–Kier alpha value is -1.36. The average Bonchev–Trinajstić information content (AvgIpc) is 2.18. The molecule has 0 atom stereocenters. The van der Waals surface area contributed by atoms with Gasteiger partial charge in [-0.2, -0.15) is 4.98 Å². The van der Waals surface area contributed by atoms with Gasteiger partial charge in [0.1, 0.15) is 5.88 Å². The molecule has 0 aromatic carbocycles. The van der Waals surface area contributed by atoms with Gasteiger partial charge >= 0.3 is 0 Å². The maximum Gasteiger partial charge on any atom is 0.240 e. The number of halogens is 1. The van der Waals surface area contributed by atoms with E-state index in [1.165, 1.54) is 19.5 Å². The number of aromatic nitrogens is 2. The molecule has 0 aliphatic heterocycles. The first kappa shape index (κ1) is 9.73. The normalized spacial score (nSPS) is 9.38. The Balaban J connectivity index is 2.71. The van der Waals surface area contributed by atoms with Crippen LogP contribution < -0.4 is 10.1 Å². The average molecular weight is 202 g/mol. The zero-order valence-electron chi connectivity index (χ0n) is 6.95. The molecular weight excluding hydrogens is 194 g/mol. The summed E-state index contributed by atoms with van der Waals surface area (Å²) in [6.45, 7) is 0. The molecule has 1 N–H and O–H groups in total. The van der Waals surface area contributed by atoms with Gasteiger partial charge in [-0.05, 0) is 0 Å². The molecule has 1 aromatic heterocycles. The largest absolute Gasteiger partial charge is 0.480 e. The number of rotatable bonds is 3. The number of nitrogens with zero attached hydrogens (tertiary/aromatic N) is 2. The smallest absolute Gasteiger partial charge is 0.240 e. The maximum absolute atomic E-state index is 10.8. The number of alkyl halides is 1. The first-order valence-electron chi connectivity index (χ1n) is 3.48. The van der Waals surface area contributed by atoms with E-state index in [1.807, 2.05) is 0 Å². The predicted octanol–water partition coefficient (Wildman–Crippen LogP) is 0.662. The minimum absolute atomic E-state index is 0.112. The van der Waals surface area contributed by atoms with Crippen LogP contribution in [0.4, 0.5) is 5.82 Å². The van der Waals surface area contributed by atoms with Crippen LogP contribution in [0, 0.1) is 0 Å². The Morgan fingerprint density at radius 1 is 1.69 bits per heavy atom. The molecule has 1 heterocycles. The summed E-state index contributed by atoms with van der Waals surface area (Å²) in [6, 6.07) is 0. The summed E-state index contributed by atoms with van der Waals surface area (Å²) in [5.41, 5.74) is 0. The van der Waals surface area contributed by atoms with E-state index in [-0.39, 0.29) is 11.8 Å². The lowest BCUT2D eigenvalue weighted by Crippen LogP contribution is -2.13. The molecule has 0 fully saturated rings. The molecule has 0 unspecified atom stereocenters. The number of anilines is 1. The van der Waals surface area contributed by atoms with Crippen LogP contribution in [0.1, 0.15) is 0 Å². The predicted molar refractivity (Wildman–Crippen MR) is 47.9 cm³/mol. The summed E-state index contributed by atoms with van der Waals surface area (Å²) in [6.07, 6.45) is 2.85. The number of nitrogens with one attached hydrogen (secondary N) is 1. The third kappa shape index (κ3) is 2.87. The molecule has 0 spiro atoms. The lowest BCUT2D eigenvalue weighted by Gasteiger charge is -2.02. The highest BCUT2D eigenvalue weighted by Crippen LogP contribution is 2.07. The van der Waals surface area contributed by atoms with Crippen LogP contribution in [0.2, 0.25) is 0 Å². The maximum atomic E-state index is 10.8. The SMILES string of the molecule is COc1cncc(NC(=O)CCl)n1. The summed E-state index contributed by atoms with van der Waals surface area (Å²) in [5, 5.41) is 2.44. The highest BCUT2D eigenvalue weighted by atomic mass is 35.5. The molecule has 6 heteroatoms. The van der Waals surface area contributed by atoms with E-state index in [1.54, 1.807) is 0 Å². The monoisotopic (exact) mass is 201 g/mol. The van der Waals surface area contributed by atoms with E-state index >= 15 is 0 Å². The molecule has 0 saturated carbocycles. The minimum atomic E-state index is -0.329. The van der Waals surface area contributed by atoms with E-state index in [0.717, 1.165) is 0 Å². The van der Waals surface area contributed by atoms with E-state index in [0.29, 0.717) is 11.7 Å². The molecule has 0 radical (unpaired) electrons. The van der Waals surface area contributed by atoms with Crippen molar-refractivity contribution in [2.75, 3.05) is 18.3 Å². The van der Waals surface area contributed by atoms with Crippen LogP contribution >= 0.6 is 11.6 Å². The van der Waals surface area contributed by atoms with Crippen LogP contribution in [0.3, 0.4) is 0 Å². The van der Waals surface area contributed by atoms with Crippen molar-refractivity contribution in [1.29, 1.82) is 0 Å². The van der Waals surface area contributed by atoms with E-state index in [2.05, 4.69) is 15.3 Å². The fraction of sp³-hybridized carbons (Fsp3) is 0.286. The van der Waals surface area contributed by atoms with Gasteiger partial charge < -0.3 is 10.1 Å². The standard InChI is InChI=1S/C7H8ClN3O2/c1-13-7-4-9-3-5(11-7)10-6(12)2-8/h3-4H,2H2,1H3,(H,10,11,12). The van der Waals surface area contributed by atoms with Gasteiger partial charge in [0.15, 0.2) is 5.82 Å². The van der Waals surface area contributed by atoms with Crippen molar-refractivity contribution in [1.82, 2.24) is 9.97 Å². The Morgan fingerprint density at radius 3 is 3.08 bits per heavy atom. The van der Waals surface area contributed by atoms with Crippen LogP contribution in [0.5, 0.6) is 5.88 Å². The Bertz CT molecular complexity index is 306. The fourth-order valence-corrected chi connectivity index (χ4v) is 0.750. The zero-order valence-corrected chi connectivity index (χ0v) is 7.71. The van der Waals surface area contributed by atoms with Gasteiger partial charge in [-0.25, -0.2) is 0 Å². The topological polar surface area (TPSA) is 64.1 Å². The molecule has 0 bridgehead atoms. The lowest BCUT2D eigenvalue weighted by molar-refractivity contribution is -0.113. The van der Waals surface area contributed by atoms with Gasteiger partial charge in [-0.1, -0.05) is 0 Å². The van der Waals surface area contributed by atoms with Crippen molar-refractivity contribution in [2.24, 2.45) is 0 Å². The van der Waals surface area contributed by atoms with Gasteiger partial charge in [-0.3, -0.25) is 9.78 Å². The molecule has 0 saturated heterocycles. The first-order valence-corrected chi connectivity index (χ1v) is 4.01. The number of amides is 1. The molecule has 70 valence electrons. The number of hydrogen-bond acceptors (Lipinski definition) is 4. The Kier molecular flexibility index (Phi) is 3.45. The molecule has 1 rings (SSSR count). The molecule has 0 aliphatic rings. The van der Waals surface area contributed by atoms with Crippen molar-refractivity contribution in [2.45, 2.75) is 0 Å². The van der Waals surface area contributed by atoms with Crippen molar-refractivity contribution >= 4 is 23.3 Å². The quantitative estimate of drug-likeness (QED) is 0.730. The van der Waals surface area contributed by atoms with Gasteiger partial charge in [0.05, 0.1) is 19.5 Å². The fourth-order valence-electron chi connectivity index (χ4n) is 0.683. The Morgan fingerprint density at radius 2 is 2.46 bits per heavy atom. The molecule has 5 nitrogen and oxygen atoms in total. The number of carbonyl (C=O) groups excluding carboxylic acids is 1. The summed E-state index contributed by atoms with van der Waals surface area (Å²) in [4.78, 5) is 18.5. The third-order valence-corrected chi connectivity index (χ3v) is 1.45. The Labute approximate surface area is 80.1 Å². The molecule has 1 amide bonds. The molecule has 1 aromatic rings. The summed E-state index contributed by atoms with van der Waals surface area (Å²) >= 11 is 5.28. The van der Waals surface area contributed by atoms with Gasteiger partial charge in [-0.15, -0.1) is 11.6 Å². The van der Waals surface area contributed by atoms with Gasteiger partial charge in [0.2, 0.25) is 11.8 Å². The molecule has 13 heavy (non-hydrogen) atoms. The van der Waals surface area contributed by atoms with Crippen LogP contribution in [0.15, 0.2) is 12.4 Å². The minimum Gasteiger partial charge on any atom is -0.480 e. The van der Waals surface area contributed by atoms with Gasteiger partial charge in [0.25, 0.3) is 0 Å². The summed E-state index contributed by atoms with van der Waals surface area (Å²) in [5.74, 6) is 0.223. The highest BCUT2D eigenvalue weighted by molar-refractivity contribution is 6.28. The van der Waals surface area contributed by atoms with Crippen molar-refractivity contribution < 1.29 is 9.53 Å². The van der Waals surface area contributed by atoms with Crippen molar-refractivity contribution in [3.63, 3.8) is 0 Å². The van der Waals surface area contributed by atoms with Crippen molar-refractivity contribution in [3.8, 4) is 5.88 Å². The summed E-state index contributed by atoms with van der Waals surface area (Å²) < 4.78 is 4.81. The first-order chi connectivity index (χ1) is 6.26. The number of ether oxygens (including phenoxy) is 1. The lowest BCUT2D eigenvalue weighted by atomic mass is 10.6. The van der Waals surface area contributed by atoms with Crippen LogP contribution in [-0.4, -0.2) is 28.9 Å².